The standard InChI is InChI=1S/C19H13FN6OS/c1-27-12-8-6-11(7-9-12)15-10-16(22-21-15)17-23-24-19-26(17)25-18(28-19)13-4-2-3-5-14(13)20/h2-10H,1H3,(H,21,22). The zero-order valence-electron chi connectivity index (χ0n) is 14.6. The minimum absolute atomic E-state index is 0.322. The Morgan fingerprint density at radius 2 is 1.89 bits per heavy atom. The number of nitrogens with zero attached hydrogens (tertiary/aromatic N) is 5. The summed E-state index contributed by atoms with van der Waals surface area (Å²) in [5, 5.41) is 20.7. The van der Waals surface area contributed by atoms with Crippen LogP contribution in [0.4, 0.5) is 4.39 Å². The van der Waals surface area contributed by atoms with Gasteiger partial charge in [0, 0.05) is 11.1 Å². The van der Waals surface area contributed by atoms with E-state index in [-0.39, 0.29) is 5.82 Å². The van der Waals surface area contributed by atoms with E-state index in [9.17, 15) is 4.39 Å². The minimum Gasteiger partial charge on any atom is -0.497 e. The Hall–Kier alpha value is -3.59. The van der Waals surface area contributed by atoms with Gasteiger partial charge in [0.05, 0.1) is 12.8 Å². The number of H-pyrrole nitrogens is 1. The van der Waals surface area contributed by atoms with E-state index >= 15 is 0 Å². The Bertz CT molecular complexity index is 1270. The SMILES string of the molecule is COc1ccc(-c2cc(-c3nnc4sc(-c5ccccc5F)nn34)[nH]n2)cc1. The zero-order chi connectivity index (χ0) is 19.1. The number of fused-ring (bicyclic) bond motifs is 1. The van der Waals surface area contributed by atoms with Crippen molar-refractivity contribution in [3.8, 4) is 39.1 Å². The van der Waals surface area contributed by atoms with Crippen LogP contribution in [0.5, 0.6) is 5.75 Å². The van der Waals surface area contributed by atoms with Crippen LogP contribution >= 0.6 is 11.3 Å². The third-order valence-corrected chi connectivity index (χ3v) is 5.23. The fourth-order valence-electron chi connectivity index (χ4n) is 2.87. The molecular weight excluding hydrogens is 379 g/mol. The van der Waals surface area contributed by atoms with Crippen LogP contribution in [0.1, 0.15) is 0 Å². The number of benzene rings is 2. The normalized spacial score (nSPS) is 11.2. The van der Waals surface area contributed by atoms with Gasteiger partial charge in [-0.15, -0.1) is 10.2 Å². The van der Waals surface area contributed by atoms with Gasteiger partial charge in [-0.2, -0.15) is 14.7 Å². The molecule has 0 aliphatic carbocycles. The van der Waals surface area contributed by atoms with E-state index in [2.05, 4.69) is 25.5 Å². The van der Waals surface area contributed by atoms with E-state index in [1.807, 2.05) is 30.3 Å². The summed E-state index contributed by atoms with van der Waals surface area (Å²) in [5.41, 5.74) is 2.81. The van der Waals surface area contributed by atoms with E-state index in [0.29, 0.717) is 27.1 Å². The summed E-state index contributed by atoms with van der Waals surface area (Å²) in [6, 6.07) is 16.0. The molecule has 3 heterocycles. The molecule has 1 N–H and O–H groups in total. The number of aromatic amines is 1. The lowest BCUT2D eigenvalue weighted by Crippen LogP contribution is -1.92. The maximum atomic E-state index is 14.1. The first-order valence-corrected chi connectivity index (χ1v) is 9.22. The Kier molecular flexibility index (Phi) is 3.87. The lowest BCUT2D eigenvalue weighted by atomic mass is 10.1. The van der Waals surface area contributed by atoms with Crippen LogP contribution in [0, 0.1) is 5.82 Å². The average molecular weight is 392 g/mol. The molecule has 0 saturated heterocycles. The molecular formula is C19H13FN6OS. The second-order valence-electron chi connectivity index (χ2n) is 6.00. The van der Waals surface area contributed by atoms with E-state index < -0.39 is 0 Å². The molecule has 0 fully saturated rings. The zero-order valence-corrected chi connectivity index (χ0v) is 15.4. The van der Waals surface area contributed by atoms with Crippen LogP contribution in [0.2, 0.25) is 0 Å². The van der Waals surface area contributed by atoms with Crippen molar-refractivity contribution < 1.29 is 9.13 Å². The molecule has 7 nitrogen and oxygen atoms in total. The Morgan fingerprint density at radius 3 is 2.68 bits per heavy atom. The minimum atomic E-state index is -0.322. The predicted molar refractivity (Wildman–Crippen MR) is 104 cm³/mol. The summed E-state index contributed by atoms with van der Waals surface area (Å²) in [5.74, 6) is 0.972. The van der Waals surface area contributed by atoms with Gasteiger partial charge in [0.1, 0.15) is 17.3 Å². The first-order chi connectivity index (χ1) is 13.7. The largest absolute Gasteiger partial charge is 0.497 e. The van der Waals surface area contributed by atoms with Gasteiger partial charge in [-0.1, -0.05) is 23.5 Å². The maximum Gasteiger partial charge on any atom is 0.235 e. The first kappa shape index (κ1) is 16.6. The van der Waals surface area contributed by atoms with Crippen molar-refractivity contribution in [2.75, 3.05) is 7.11 Å². The Morgan fingerprint density at radius 1 is 1.07 bits per heavy atom. The van der Waals surface area contributed by atoms with Crippen molar-refractivity contribution in [3.05, 3.63) is 60.4 Å². The van der Waals surface area contributed by atoms with Gasteiger partial charge in [-0.3, -0.25) is 5.10 Å². The van der Waals surface area contributed by atoms with Gasteiger partial charge >= 0.3 is 0 Å². The van der Waals surface area contributed by atoms with Crippen LogP contribution in [0.3, 0.4) is 0 Å². The van der Waals surface area contributed by atoms with Gasteiger partial charge in [0.25, 0.3) is 0 Å². The molecule has 2 aromatic carbocycles. The van der Waals surface area contributed by atoms with Gasteiger partial charge < -0.3 is 4.74 Å². The van der Waals surface area contributed by atoms with Gasteiger partial charge in [0.15, 0.2) is 5.01 Å². The van der Waals surface area contributed by atoms with Crippen molar-refractivity contribution >= 4 is 16.3 Å². The van der Waals surface area contributed by atoms with Crippen LogP contribution in [-0.2, 0) is 0 Å². The summed E-state index contributed by atoms with van der Waals surface area (Å²) in [6.45, 7) is 0. The number of aromatic nitrogens is 6. The van der Waals surface area contributed by atoms with E-state index in [4.69, 9.17) is 4.74 Å². The van der Waals surface area contributed by atoms with Crippen LogP contribution < -0.4 is 4.74 Å². The lowest BCUT2D eigenvalue weighted by Gasteiger charge is -1.99. The molecule has 0 aliphatic rings. The summed E-state index contributed by atoms with van der Waals surface area (Å²) in [4.78, 5) is 0.578. The highest BCUT2D eigenvalue weighted by molar-refractivity contribution is 7.19. The van der Waals surface area contributed by atoms with Crippen molar-refractivity contribution in [2.45, 2.75) is 0 Å². The Labute approximate surface area is 162 Å². The molecule has 3 aromatic heterocycles. The average Bonchev–Trinajstić information content (AvgIpc) is 3.44. The number of nitrogens with one attached hydrogen (secondary N) is 1. The molecule has 28 heavy (non-hydrogen) atoms. The van der Waals surface area contributed by atoms with Crippen LogP contribution in [-0.4, -0.2) is 37.1 Å². The molecule has 0 unspecified atom stereocenters. The molecule has 0 amide bonds. The molecule has 0 saturated carbocycles. The highest BCUT2D eigenvalue weighted by Gasteiger charge is 2.18. The fourth-order valence-corrected chi connectivity index (χ4v) is 3.74. The predicted octanol–water partition coefficient (Wildman–Crippen LogP) is 4.06. The van der Waals surface area contributed by atoms with Crippen molar-refractivity contribution in [2.24, 2.45) is 0 Å². The molecule has 0 radical (unpaired) electrons. The number of rotatable bonds is 4. The third-order valence-electron chi connectivity index (χ3n) is 4.30. The molecule has 0 spiro atoms. The topological polar surface area (TPSA) is 81.0 Å². The number of hydrogen-bond acceptors (Lipinski definition) is 6. The van der Waals surface area contributed by atoms with Gasteiger partial charge in [-0.25, -0.2) is 4.39 Å². The van der Waals surface area contributed by atoms with Crippen LogP contribution in [0.25, 0.3) is 38.3 Å². The first-order valence-electron chi connectivity index (χ1n) is 8.40. The summed E-state index contributed by atoms with van der Waals surface area (Å²) in [7, 11) is 1.63. The van der Waals surface area contributed by atoms with Crippen molar-refractivity contribution in [1.29, 1.82) is 0 Å². The number of halogens is 1. The quantitative estimate of drug-likeness (QED) is 0.499. The van der Waals surface area contributed by atoms with Gasteiger partial charge in [-0.05, 0) is 42.5 Å². The van der Waals surface area contributed by atoms with Crippen LogP contribution in [0.15, 0.2) is 54.6 Å². The van der Waals surface area contributed by atoms with Gasteiger partial charge in [0.2, 0.25) is 10.8 Å². The lowest BCUT2D eigenvalue weighted by molar-refractivity contribution is 0.415. The molecule has 0 aliphatic heterocycles. The molecule has 0 bridgehead atoms. The fraction of sp³-hybridized carbons (Fsp3) is 0.0526. The summed E-state index contributed by atoms with van der Waals surface area (Å²) in [6.07, 6.45) is 0. The highest BCUT2D eigenvalue weighted by atomic mass is 32.1. The van der Waals surface area contributed by atoms with Crippen molar-refractivity contribution in [3.63, 3.8) is 0 Å². The van der Waals surface area contributed by atoms with E-state index in [0.717, 1.165) is 17.0 Å². The highest BCUT2D eigenvalue weighted by Crippen LogP contribution is 2.30. The smallest absolute Gasteiger partial charge is 0.235 e. The number of hydrogen-bond donors (Lipinski definition) is 1. The Balaban J connectivity index is 1.53. The number of ether oxygens (including phenoxy) is 1. The monoisotopic (exact) mass is 392 g/mol. The molecule has 138 valence electrons. The summed E-state index contributed by atoms with van der Waals surface area (Å²) >= 11 is 1.28. The molecule has 5 rings (SSSR count). The second kappa shape index (κ2) is 6.54. The molecule has 9 heteroatoms. The maximum absolute atomic E-state index is 14.1. The summed E-state index contributed by atoms with van der Waals surface area (Å²) < 4.78 is 20.9. The van der Waals surface area contributed by atoms with E-state index in [1.54, 1.807) is 29.8 Å². The third kappa shape index (κ3) is 2.72. The van der Waals surface area contributed by atoms with E-state index in [1.165, 1.54) is 17.4 Å². The molecule has 0 atom stereocenters. The molecule has 5 aromatic rings. The van der Waals surface area contributed by atoms with Crippen molar-refractivity contribution in [1.82, 2.24) is 30.0 Å². The second-order valence-corrected chi connectivity index (χ2v) is 6.96. The number of methoxy groups -OCH3 is 1.